The molecule has 1 aromatic carbocycles. The van der Waals surface area contributed by atoms with E-state index in [1.165, 1.54) is 27.7 Å². The predicted molar refractivity (Wildman–Crippen MR) is 139 cm³/mol. The minimum atomic E-state index is -1.27. The van der Waals surface area contributed by atoms with Crippen LogP contribution in [0.25, 0.3) is 22.7 Å². The first-order valence-electron chi connectivity index (χ1n) is 12.7. The Kier molecular flexibility index (Phi) is 9.07. The van der Waals surface area contributed by atoms with E-state index in [9.17, 15) is 19.2 Å². The average molecular weight is 568 g/mol. The van der Waals surface area contributed by atoms with E-state index in [0.29, 0.717) is 34.2 Å². The Bertz CT molecular complexity index is 1420. The molecule has 216 valence electrons. The van der Waals surface area contributed by atoms with Gasteiger partial charge in [-0.25, -0.2) is 0 Å². The number of hydrogen-bond donors (Lipinski definition) is 0. The first-order valence-corrected chi connectivity index (χ1v) is 12.7. The van der Waals surface area contributed by atoms with Gasteiger partial charge in [0.05, 0.1) is 11.3 Å². The van der Waals surface area contributed by atoms with Crippen LogP contribution < -0.4 is 0 Å². The van der Waals surface area contributed by atoms with Crippen LogP contribution in [0.3, 0.4) is 0 Å². The van der Waals surface area contributed by atoms with E-state index in [0.717, 1.165) is 0 Å². The van der Waals surface area contributed by atoms with E-state index < -0.39 is 54.4 Å². The van der Waals surface area contributed by atoms with Crippen molar-refractivity contribution in [3.8, 4) is 22.7 Å². The third-order valence-corrected chi connectivity index (χ3v) is 6.04. The molecule has 0 N–H and O–H groups in total. The molecule has 1 aliphatic rings. The molecule has 13 heteroatoms. The van der Waals surface area contributed by atoms with Crippen molar-refractivity contribution >= 4 is 23.9 Å². The lowest BCUT2D eigenvalue weighted by atomic mass is 9.89. The highest BCUT2D eigenvalue weighted by Gasteiger charge is 2.52. The number of hydrogen-bond acceptors (Lipinski definition) is 13. The molecular formula is C28H29N3O10. The molecule has 0 radical (unpaired) electrons. The Labute approximate surface area is 235 Å². The molecule has 0 unspecified atom stereocenters. The normalized spacial score (nSPS) is 21.9. The number of ether oxygens (including phenoxy) is 5. The van der Waals surface area contributed by atoms with Gasteiger partial charge in [-0.3, -0.25) is 24.2 Å². The van der Waals surface area contributed by atoms with E-state index in [2.05, 4.69) is 15.2 Å². The predicted octanol–water partition coefficient (Wildman–Crippen LogP) is 2.91. The first-order chi connectivity index (χ1) is 19.5. The molecule has 0 bridgehead atoms. The Morgan fingerprint density at radius 2 is 1.49 bits per heavy atom. The van der Waals surface area contributed by atoms with Crippen LogP contribution in [0.5, 0.6) is 0 Å². The SMILES string of the molecule is CC(=O)OC[C@H]1O[C@H](c2cccc(-c3ccc(-c4nnc(C)o4)cn3)c2)[C@@H](OC(C)=O)[C@@H](OC(C)=O)[C@@H]1OC(C)=O. The van der Waals surface area contributed by atoms with Crippen LogP contribution in [-0.4, -0.2) is 70.1 Å². The third kappa shape index (κ3) is 7.31. The molecule has 4 rings (SSSR count). The average Bonchev–Trinajstić information content (AvgIpc) is 3.35. The minimum Gasteiger partial charge on any atom is -0.463 e. The van der Waals surface area contributed by atoms with E-state index in [1.54, 1.807) is 43.5 Å². The van der Waals surface area contributed by atoms with Crippen molar-refractivity contribution in [3.63, 3.8) is 0 Å². The number of aromatic nitrogens is 3. The summed E-state index contributed by atoms with van der Waals surface area (Å²) in [6, 6.07) is 10.7. The monoisotopic (exact) mass is 567 g/mol. The zero-order valence-corrected chi connectivity index (χ0v) is 23.1. The summed E-state index contributed by atoms with van der Waals surface area (Å²) >= 11 is 0. The van der Waals surface area contributed by atoms with Crippen molar-refractivity contribution in [2.45, 2.75) is 65.1 Å². The first kappa shape index (κ1) is 29.3. The standard InChI is InChI=1S/C28H29N3O10/c1-14-30-31-28(37-14)21-9-10-22(29-12-21)19-7-6-8-20(11-19)24-26(39-17(4)34)27(40-18(5)35)25(38-16(3)33)23(41-24)13-36-15(2)32/h6-12,23-27H,13H2,1-5H3/t23-,24-,25-,26-,27+/m1/s1. The van der Waals surface area contributed by atoms with Gasteiger partial charge in [0, 0.05) is 46.4 Å². The van der Waals surface area contributed by atoms with Crippen molar-refractivity contribution in [2.75, 3.05) is 6.61 Å². The zero-order valence-electron chi connectivity index (χ0n) is 23.1. The number of aryl methyl sites for hydroxylation is 1. The highest BCUT2D eigenvalue weighted by Crippen LogP contribution is 2.38. The van der Waals surface area contributed by atoms with Gasteiger partial charge in [0.1, 0.15) is 18.8 Å². The Morgan fingerprint density at radius 1 is 0.805 bits per heavy atom. The molecule has 41 heavy (non-hydrogen) atoms. The smallest absolute Gasteiger partial charge is 0.303 e. The number of benzene rings is 1. The second kappa shape index (κ2) is 12.7. The van der Waals surface area contributed by atoms with Crippen LogP contribution in [0.1, 0.15) is 45.3 Å². The maximum atomic E-state index is 12.2. The fourth-order valence-electron chi connectivity index (χ4n) is 4.48. The second-order valence-corrected chi connectivity index (χ2v) is 9.30. The molecule has 3 aromatic rings. The molecule has 3 heterocycles. The van der Waals surface area contributed by atoms with Crippen LogP contribution in [0.2, 0.25) is 0 Å². The number of esters is 4. The topological polar surface area (TPSA) is 166 Å². The summed E-state index contributed by atoms with van der Waals surface area (Å²) in [6.45, 7) is 6.13. The van der Waals surface area contributed by atoms with Crippen LogP contribution in [-0.2, 0) is 42.9 Å². The van der Waals surface area contributed by atoms with Crippen LogP contribution in [0.4, 0.5) is 0 Å². The molecule has 1 saturated heterocycles. The van der Waals surface area contributed by atoms with Crippen molar-refractivity contribution in [3.05, 3.63) is 54.0 Å². The van der Waals surface area contributed by atoms with Crippen molar-refractivity contribution < 1.29 is 47.3 Å². The summed E-state index contributed by atoms with van der Waals surface area (Å²) in [4.78, 5) is 52.3. The lowest BCUT2D eigenvalue weighted by molar-refractivity contribution is -0.254. The number of pyridine rings is 1. The van der Waals surface area contributed by atoms with Gasteiger partial charge in [-0.1, -0.05) is 18.2 Å². The van der Waals surface area contributed by atoms with Crippen LogP contribution in [0, 0.1) is 6.92 Å². The second-order valence-electron chi connectivity index (χ2n) is 9.30. The number of nitrogens with zero attached hydrogens (tertiary/aromatic N) is 3. The minimum absolute atomic E-state index is 0.313. The molecule has 0 amide bonds. The van der Waals surface area contributed by atoms with Crippen LogP contribution in [0.15, 0.2) is 47.0 Å². The van der Waals surface area contributed by atoms with Crippen LogP contribution >= 0.6 is 0 Å². The maximum absolute atomic E-state index is 12.2. The fourth-order valence-corrected chi connectivity index (χ4v) is 4.48. The van der Waals surface area contributed by atoms with Gasteiger partial charge < -0.3 is 28.1 Å². The summed E-state index contributed by atoms with van der Waals surface area (Å²) in [5, 5.41) is 7.82. The molecule has 13 nitrogen and oxygen atoms in total. The molecule has 5 atom stereocenters. The summed E-state index contributed by atoms with van der Waals surface area (Å²) in [5.41, 5.74) is 2.49. The summed E-state index contributed by atoms with van der Waals surface area (Å²) in [5.74, 6) is -1.90. The zero-order chi connectivity index (χ0) is 29.7. The van der Waals surface area contributed by atoms with Gasteiger partial charge in [-0.2, -0.15) is 0 Å². The van der Waals surface area contributed by atoms with Gasteiger partial charge >= 0.3 is 23.9 Å². The van der Waals surface area contributed by atoms with E-state index in [1.807, 2.05) is 6.07 Å². The molecule has 0 saturated carbocycles. The quantitative estimate of drug-likeness (QED) is 0.288. The summed E-state index contributed by atoms with van der Waals surface area (Å²) < 4.78 is 33.4. The van der Waals surface area contributed by atoms with Crippen molar-refractivity contribution in [1.82, 2.24) is 15.2 Å². The van der Waals surface area contributed by atoms with Gasteiger partial charge in [0.2, 0.25) is 11.8 Å². The molecule has 1 aliphatic heterocycles. The largest absolute Gasteiger partial charge is 0.463 e. The van der Waals surface area contributed by atoms with E-state index in [4.69, 9.17) is 28.1 Å². The van der Waals surface area contributed by atoms with Gasteiger partial charge in [0.15, 0.2) is 18.3 Å². The van der Waals surface area contributed by atoms with Gasteiger partial charge in [-0.15, -0.1) is 10.2 Å². The van der Waals surface area contributed by atoms with E-state index >= 15 is 0 Å². The molecule has 1 fully saturated rings. The highest BCUT2D eigenvalue weighted by atomic mass is 16.7. The lowest BCUT2D eigenvalue weighted by Crippen LogP contribution is -2.59. The Morgan fingerprint density at radius 3 is 2.07 bits per heavy atom. The summed E-state index contributed by atoms with van der Waals surface area (Å²) in [6.07, 6.45) is -4.16. The third-order valence-electron chi connectivity index (χ3n) is 6.04. The molecule has 2 aromatic heterocycles. The van der Waals surface area contributed by atoms with Gasteiger partial charge in [0.25, 0.3) is 0 Å². The molecule has 0 spiro atoms. The number of rotatable bonds is 8. The number of carbonyl (C=O) groups is 4. The lowest BCUT2D eigenvalue weighted by Gasteiger charge is -2.44. The van der Waals surface area contributed by atoms with E-state index in [-0.39, 0.29) is 6.61 Å². The Balaban J connectivity index is 1.72. The Hall–Kier alpha value is -4.65. The summed E-state index contributed by atoms with van der Waals surface area (Å²) in [7, 11) is 0. The highest BCUT2D eigenvalue weighted by molar-refractivity contribution is 5.69. The van der Waals surface area contributed by atoms with Crippen molar-refractivity contribution in [2.24, 2.45) is 0 Å². The maximum Gasteiger partial charge on any atom is 0.303 e. The van der Waals surface area contributed by atoms with Gasteiger partial charge in [-0.05, 0) is 23.8 Å². The molecule has 0 aliphatic carbocycles. The van der Waals surface area contributed by atoms with Crippen molar-refractivity contribution in [1.29, 1.82) is 0 Å². The fraction of sp³-hybridized carbons (Fsp3) is 0.393. The molecular weight excluding hydrogens is 538 g/mol. The number of carbonyl (C=O) groups excluding carboxylic acids is 4.